The molecule has 4 heteroatoms. The monoisotopic (exact) mass is 408 g/mol. The number of halogens is 1. The molecule has 0 atom stereocenters. The summed E-state index contributed by atoms with van der Waals surface area (Å²) in [6, 6.07) is 27.3. The first-order valence-electron chi connectivity index (χ1n) is 10.0. The smallest absolute Gasteiger partial charge is 0.127 e. The normalized spacial score (nSPS) is 13.4. The van der Waals surface area contributed by atoms with Crippen molar-refractivity contribution in [3.05, 3.63) is 90.0 Å². The Hall–Kier alpha value is -2.33. The Balaban J connectivity index is 0.00000240. The number of fused-ring (bicyclic) bond motifs is 1. The van der Waals surface area contributed by atoms with Crippen LogP contribution in [0, 0.1) is 0 Å². The largest absolute Gasteiger partial charge is 1.00 e. The van der Waals surface area contributed by atoms with Crippen molar-refractivity contribution >= 4 is 0 Å². The molecule has 0 fully saturated rings. The molecule has 0 saturated heterocycles. The molecule has 29 heavy (non-hydrogen) atoms. The third-order valence-corrected chi connectivity index (χ3v) is 5.22. The highest BCUT2D eigenvalue weighted by Gasteiger charge is 2.14. The van der Waals surface area contributed by atoms with E-state index in [1.54, 1.807) is 0 Å². The standard InChI is InChI=1S/C25H27NO2.ClH/c1-2-9-22(10-3-1)24-12-6-7-13-25(24)28-19-18-27-17-16-26-15-14-21-8-4-5-11-23(21)20-26;/h1-13H,14-20H2;1H/p-1. The number of ether oxygens (including phenoxy) is 2. The number of hydrogen-bond acceptors (Lipinski definition) is 3. The van der Waals surface area contributed by atoms with E-state index in [-0.39, 0.29) is 12.4 Å². The van der Waals surface area contributed by atoms with Gasteiger partial charge in [0.25, 0.3) is 0 Å². The maximum Gasteiger partial charge on any atom is 0.127 e. The summed E-state index contributed by atoms with van der Waals surface area (Å²) in [7, 11) is 0. The summed E-state index contributed by atoms with van der Waals surface area (Å²) in [6.07, 6.45) is 1.13. The van der Waals surface area contributed by atoms with Crippen molar-refractivity contribution in [3.63, 3.8) is 0 Å². The van der Waals surface area contributed by atoms with E-state index in [4.69, 9.17) is 9.47 Å². The Kier molecular flexibility index (Phi) is 8.12. The zero-order valence-corrected chi connectivity index (χ0v) is 17.4. The quantitative estimate of drug-likeness (QED) is 0.531. The number of para-hydroxylation sites is 1. The second-order valence-corrected chi connectivity index (χ2v) is 7.12. The number of benzene rings is 3. The average molecular weight is 409 g/mol. The van der Waals surface area contributed by atoms with Crippen LogP contribution in [0.4, 0.5) is 0 Å². The fraction of sp³-hybridized carbons (Fsp3) is 0.280. The van der Waals surface area contributed by atoms with Crippen LogP contribution in [-0.4, -0.2) is 37.8 Å². The minimum Gasteiger partial charge on any atom is -1.00 e. The van der Waals surface area contributed by atoms with Crippen molar-refractivity contribution in [2.75, 3.05) is 32.9 Å². The summed E-state index contributed by atoms with van der Waals surface area (Å²) in [4.78, 5) is 2.47. The van der Waals surface area contributed by atoms with E-state index in [9.17, 15) is 0 Å². The maximum atomic E-state index is 5.99. The van der Waals surface area contributed by atoms with Crippen molar-refractivity contribution in [2.24, 2.45) is 0 Å². The van der Waals surface area contributed by atoms with E-state index in [0.717, 1.165) is 44.0 Å². The van der Waals surface area contributed by atoms with Crippen molar-refractivity contribution in [1.29, 1.82) is 0 Å². The molecule has 0 bridgehead atoms. The van der Waals surface area contributed by atoms with Gasteiger partial charge in [-0.2, -0.15) is 0 Å². The lowest BCUT2D eigenvalue weighted by Gasteiger charge is -2.28. The molecular weight excluding hydrogens is 382 g/mol. The lowest BCUT2D eigenvalue weighted by molar-refractivity contribution is -0.00000639. The van der Waals surface area contributed by atoms with Crippen LogP contribution in [0.1, 0.15) is 11.1 Å². The molecule has 3 nitrogen and oxygen atoms in total. The fourth-order valence-corrected chi connectivity index (χ4v) is 3.70. The third kappa shape index (κ3) is 5.83. The Labute approximate surface area is 179 Å². The molecule has 0 amide bonds. The van der Waals surface area contributed by atoms with Crippen LogP contribution in [0.25, 0.3) is 11.1 Å². The summed E-state index contributed by atoms with van der Waals surface area (Å²) in [5.74, 6) is 0.907. The zero-order valence-electron chi connectivity index (χ0n) is 16.6. The number of rotatable bonds is 8. The van der Waals surface area contributed by atoms with E-state index in [1.165, 1.54) is 16.7 Å². The number of nitrogens with zero attached hydrogens (tertiary/aromatic N) is 1. The van der Waals surface area contributed by atoms with Gasteiger partial charge < -0.3 is 21.9 Å². The van der Waals surface area contributed by atoms with Crippen LogP contribution in [0.2, 0.25) is 0 Å². The Morgan fingerprint density at radius 1 is 0.724 bits per heavy atom. The van der Waals surface area contributed by atoms with Crippen molar-refractivity contribution in [3.8, 4) is 16.9 Å². The molecule has 3 aromatic rings. The molecule has 1 heterocycles. The molecule has 0 unspecified atom stereocenters. The van der Waals surface area contributed by atoms with Crippen LogP contribution in [0.3, 0.4) is 0 Å². The molecule has 3 aromatic carbocycles. The van der Waals surface area contributed by atoms with Gasteiger partial charge in [0.15, 0.2) is 0 Å². The first-order valence-corrected chi connectivity index (χ1v) is 10.0. The highest BCUT2D eigenvalue weighted by atomic mass is 35.5. The first-order chi connectivity index (χ1) is 13.9. The third-order valence-electron chi connectivity index (χ3n) is 5.22. The van der Waals surface area contributed by atoms with Gasteiger partial charge in [0.1, 0.15) is 12.4 Å². The van der Waals surface area contributed by atoms with E-state index >= 15 is 0 Å². The summed E-state index contributed by atoms with van der Waals surface area (Å²) in [5.41, 5.74) is 5.24. The molecular formula is C25H27ClNO2-. The highest BCUT2D eigenvalue weighted by molar-refractivity contribution is 5.70. The van der Waals surface area contributed by atoms with Crippen LogP contribution >= 0.6 is 0 Å². The van der Waals surface area contributed by atoms with Gasteiger partial charge in [0.05, 0.1) is 13.2 Å². The average Bonchev–Trinajstić information content (AvgIpc) is 2.77. The lowest BCUT2D eigenvalue weighted by Crippen LogP contribution is -3.00. The predicted octanol–water partition coefficient (Wildman–Crippen LogP) is 1.81. The van der Waals surface area contributed by atoms with Gasteiger partial charge in [0, 0.05) is 25.2 Å². The second-order valence-electron chi connectivity index (χ2n) is 7.12. The predicted molar refractivity (Wildman–Crippen MR) is 114 cm³/mol. The van der Waals surface area contributed by atoms with Crippen molar-refractivity contribution in [1.82, 2.24) is 4.90 Å². The lowest BCUT2D eigenvalue weighted by atomic mass is 10.0. The van der Waals surface area contributed by atoms with E-state index < -0.39 is 0 Å². The van der Waals surface area contributed by atoms with Crippen molar-refractivity contribution in [2.45, 2.75) is 13.0 Å². The maximum absolute atomic E-state index is 5.99. The molecule has 1 aliphatic heterocycles. The van der Waals surface area contributed by atoms with Gasteiger partial charge in [-0.05, 0) is 29.2 Å². The molecule has 0 spiro atoms. The fourth-order valence-electron chi connectivity index (χ4n) is 3.70. The van der Waals surface area contributed by atoms with Gasteiger partial charge in [-0.3, -0.25) is 4.90 Å². The highest BCUT2D eigenvalue weighted by Crippen LogP contribution is 2.29. The molecule has 0 N–H and O–H groups in total. The molecule has 0 saturated carbocycles. The van der Waals surface area contributed by atoms with Crippen LogP contribution in [0.15, 0.2) is 78.9 Å². The molecule has 0 aliphatic carbocycles. The SMILES string of the molecule is [Cl-].c1ccc(-c2ccccc2OCCOCCN2CCc3ccccc3C2)cc1. The molecule has 4 rings (SSSR count). The molecule has 152 valence electrons. The van der Waals surface area contributed by atoms with Crippen LogP contribution in [0.5, 0.6) is 5.75 Å². The Morgan fingerprint density at radius 2 is 1.45 bits per heavy atom. The zero-order chi connectivity index (χ0) is 19.0. The first kappa shape index (κ1) is 21.4. The van der Waals surface area contributed by atoms with E-state index in [2.05, 4.69) is 47.4 Å². The van der Waals surface area contributed by atoms with Crippen molar-refractivity contribution < 1.29 is 21.9 Å². The minimum absolute atomic E-state index is 0. The van der Waals surface area contributed by atoms with E-state index in [1.807, 2.05) is 36.4 Å². The summed E-state index contributed by atoms with van der Waals surface area (Å²) in [6.45, 7) is 5.02. The summed E-state index contributed by atoms with van der Waals surface area (Å²) >= 11 is 0. The van der Waals surface area contributed by atoms with Crippen LogP contribution < -0.4 is 17.1 Å². The van der Waals surface area contributed by atoms with Gasteiger partial charge in [-0.1, -0.05) is 72.8 Å². The Morgan fingerprint density at radius 3 is 2.31 bits per heavy atom. The minimum atomic E-state index is 0. The molecule has 0 radical (unpaired) electrons. The topological polar surface area (TPSA) is 21.7 Å². The van der Waals surface area contributed by atoms with E-state index in [0.29, 0.717) is 13.2 Å². The van der Waals surface area contributed by atoms with Gasteiger partial charge in [-0.25, -0.2) is 0 Å². The van der Waals surface area contributed by atoms with Gasteiger partial charge >= 0.3 is 0 Å². The number of hydrogen-bond donors (Lipinski definition) is 0. The van der Waals surface area contributed by atoms with Gasteiger partial charge in [0.2, 0.25) is 0 Å². The van der Waals surface area contributed by atoms with Gasteiger partial charge in [-0.15, -0.1) is 0 Å². The molecule has 0 aromatic heterocycles. The Bertz CT molecular complexity index is 885. The second kappa shape index (κ2) is 11.0. The van der Waals surface area contributed by atoms with Crippen LogP contribution in [-0.2, 0) is 17.7 Å². The summed E-state index contributed by atoms with van der Waals surface area (Å²) < 4.78 is 11.8. The molecule has 1 aliphatic rings. The summed E-state index contributed by atoms with van der Waals surface area (Å²) in [5, 5.41) is 0.